The summed E-state index contributed by atoms with van der Waals surface area (Å²) in [6.07, 6.45) is -2.58. The Balaban J connectivity index is 1.55. The number of urea groups is 1. The van der Waals surface area contributed by atoms with Crippen molar-refractivity contribution in [2.45, 2.75) is 37.7 Å². The smallest absolute Gasteiger partial charge is 0.408 e. The van der Waals surface area contributed by atoms with E-state index in [-0.39, 0.29) is 35.9 Å². The van der Waals surface area contributed by atoms with E-state index < -0.39 is 36.9 Å². The second-order valence-electron chi connectivity index (χ2n) is 8.35. The first-order valence-electron chi connectivity index (χ1n) is 11.0. The van der Waals surface area contributed by atoms with Gasteiger partial charge in [0.05, 0.1) is 30.7 Å². The highest BCUT2D eigenvalue weighted by Crippen LogP contribution is 2.39. The van der Waals surface area contributed by atoms with Gasteiger partial charge in [0, 0.05) is 13.1 Å². The molecule has 4 N–H and O–H groups in total. The van der Waals surface area contributed by atoms with Crippen LogP contribution >= 0.6 is 0 Å². The Hall–Kier alpha value is -3.72. The van der Waals surface area contributed by atoms with Gasteiger partial charge in [-0.05, 0) is 25.5 Å². The summed E-state index contributed by atoms with van der Waals surface area (Å²) < 4.78 is 43.9. The summed E-state index contributed by atoms with van der Waals surface area (Å²) in [5.74, 6) is -0.843. The number of carbonyl (C=O) groups excluding carboxylic acids is 2. The average Bonchev–Trinajstić information content (AvgIpc) is 3.25. The van der Waals surface area contributed by atoms with Gasteiger partial charge in [0.25, 0.3) is 5.91 Å². The van der Waals surface area contributed by atoms with Crippen molar-refractivity contribution in [2.75, 3.05) is 41.4 Å². The monoisotopic (exact) mass is 511 g/mol. The third-order valence-corrected chi connectivity index (χ3v) is 5.72. The van der Waals surface area contributed by atoms with Gasteiger partial charge < -0.3 is 25.2 Å². The Bertz CT molecular complexity index is 1140. The van der Waals surface area contributed by atoms with Crippen LogP contribution in [0, 0.1) is 0 Å². The molecule has 0 radical (unpaired) electrons. The van der Waals surface area contributed by atoms with Gasteiger partial charge in [0.15, 0.2) is 11.6 Å². The normalized spacial score (nSPS) is 18.3. The lowest BCUT2D eigenvalue weighted by Gasteiger charge is -2.35. The molecular weight excluding hydrogens is 487 g/mol. The molecule has 0 spiro atoms. The fraction of sp³-hybridized carbons (Fsp3) is 0.476. The second kappa shape index (κ2) is 10.1. The van der Waals surface area contributed by atoms with E-state index in [9.17, 15) is 27.9 Å². The van der Waals surface area contributed by atoms with Crippen molar-refractivity contribution >= 4 is 29.3 Å². The molecule has 2 aliphatic heterocycles. The van der Waals surface area contributed by atoms with Gasteiger partial charge >= 0.3 is 12.2 Å². The molecule has 0 aromatic carbocycles. The van der Waals surface area contributed by atoms with Gasteiger partial charge in [0.2, 0.25) is 5.88 Å². The number of nitrogens with one attached hydrogen (secondary N) is 2. The minimum Gasteiger partial charge on any atom is -0.474 e. The molecule has 0 saturated carbocycles. The number of rotatable bonds is 7. The number of hydrogen-bond acceptors (Lipinski definition) is 9. The van der Waals surface area contributed by atoms with Crippen LogP contribution in [-0.2, 0) is 0 Å². The van der Waals surface area contributed by atoms with Crippen LogP contribution in [-0.4, -0.2) is 87.8 Å². The van der Waals surface area contributed by atoms with Crippen molar-refractivity contribution < 1.29 is 37.7 Å². The molecule has 36 heavy (non-hydrogen) atoms. The van der Waals surface area contributed by atoms with Crippen molar-refractivity contribution in [3.63, 3.8) is 0 Å². The zero-order valence-electron chi connectivity index (χ0n) is 19.1. The van der Waals surface area contributed by atoms with E-state index >= 15 is 0 Å². The van der Waals surface area contributed by atoms with Crippen LogP contribution in [0.5, 0.6) is 5.88 Å². The number of alkyl halides is 3. The molecule has 3 atom stereocenters. The SMILES string of the molecule is C[C@@H](NC(=O)c1ccc2c(n1)N(C(=O)Nc1cncc(OC[C@H](O)CO)n1)C1CCN2C1)C(F)(F)F. The number of aliphatic hydroxyl groups is 2. The molecule has 1 saturated heterocycles. The molecule has 0 aliphatic carbocycles. The third-order valence-electron chi connectivity index (χ3n) is 5.72. The molecule has 12 nitrogen and oxygen atoms in total. The summed E-state index contributed by atoms with van der Waals surface area (Å²) in [7, 11) is 0. The summed E-state index contributed by atoms with van der Waals surface area (Å²) in [4.78, 5) is 41.3. The fourth-order valence-electron chi connectivity index (χ4n) is 3.83. The largest absolute Gasteiger partial charge is 0.474 e. The Morgan fingerprint density at radius 2 is 2.06 bits per heavy atom. The number of aromatic nitrogens is 3. The Morgan fingerprint density at radius 1 is 1.28 bits per heavy atom. The van der Waals surface area contributed by atoms with Crippen molar-refractivity contribution in [3.8, 4) is 5.88 Å². The quantitative estimate of drug-likeness (QED) is 0.425. The minimum absolute atomic E-state index is 0.00209. The van der Waals surface area contributed by atoms with E-state index in [1.54, 1.807) is 6.07 Å². The maximum Gasteiger partial charge on any atom is 0.408 e. The maximum absolute atomic E-state index is 13.3. The van der Waals surface area contributed by atoms with Crippen LogP contribution in [0.15, 0.2) is 24.5 Å². The van der Waals surface area contributed by atoms with Crippen LogP contribution in [0.4, 0.5) is 35.3 Å². The lowest BCUT2D eigenvalue weighted by Crippen LogP contribution is -2.49. The highest BCUT2D eigenvalue weighted by atomic mass is 19.4. The summed E-state index contributed by atoms with van der Waals surface area (Å²) in [6, 6.07) is -0.117. The number of aliphatic hydroxyl groups excluding tert-OH is 2. The number of hydrogen-bond donors (Lipinski definition) is 4. The molecule has 2 aromatic heterocycles. The number of amides is 3. The topological polar surface area (TPSA) is 153 Å². The zero-order chi connectivity index (χ0) is 26.0. The summed E-state index contributed by atoms with van der Waals surface area (Å²) in [5, 5.41) is 22.8. The Labute approximate surface area is 203 Å². The van der Waals surface area contributed by atoms with E-state index in [0.29, 0.717) is 25.2 Å². The molecule has 2 aromatic rings. The molecule has 2 aliphatic rings. The first kappa shape index (κ1) is 25.4. The lowest BCUT2D eigenvalue weighted by molar-refractivity contribution is -0.149. The molecule has 1 fully saturated rings. The zero-order valence-corrected chi connectivity index (χ0v) is 19.1. The van der Waals surface area contributed by atoms with Gasteiger partial charge in [-0.2, -0.15) is 18.2 Å². The number of pyridine rings is 1. The standard InChI is InChI=1S/C21H24F3N7O5/c1-11(21(22,23)24)26-19(34)14-2-3-15-18(27-14)31(12-4-5-30(15)8-12)20(35)29-16-6-25-7-17(28-16)36-10-13(33)9-32/h2-3,6-7,11-13,32-33H,4-5,8-10H2,1H3,(H,26,34)(H,28,29,35)/t11-,12?,13-/m1/s1. The molecule has 4 heterocycles. The van der Waals surface area contributed by atoms with Gasteiger partial charge in [0.1, 0.15) is 24.4 Å². The molecule has 15 heteroatoms. The summed E-state index contributed by atoms with van der Waals surface area (Å²) in [6.45, 7) is 1.24. The van der Waals surface area contributed by atoms with Gasteiger partial charge in [-0.15, -0.1) is 0 Å². The average molecular weight is 511 g/mol. The lowest BCUT2D eigenvalue weighted by atomic mass is 10.1. The molecule has 3 amide bonds. The highest BCUT2D eigenvalue weighted by Gasteiger charge is 2.41. The van der Waals surface area contributed by atoms with Crippen molar-refractivity contribution in [1.29, 1.82) is 0 Å². The Morgan fingerprint density at radius 3 is 2.78 bits per heavy atom. The number of nitrogens with zero attached hydrogens (tertiary/aromatic N) is 5. The number of carbonyl (C=O) groups is 2. The second-order valence-corrected chi connectivity index (χ2v) is 8.35. The van der Waals surface area contributed by atoms with Gasteiger partial charge in [-0.3, -0.25) is 20.0 Å². The van der Waals surface area contributed by atoms with E-state index in [2.05, 4.69) is 20.3 Å². The van der Waals surface area contributed by atoms with Crippen molar-refractivity contribution in [2.24, 2.45) is 0 Å². The van der Waals surface area contributed by atoms with Crippen molar-refractivity contribution in [1.82, 2.24) is 20.3 Å². The van der Waals surface area contributed by atoms with Gasteiger partial charge in [-0.25, -0.2) is 9.78 Å². The first-order chi connectivity index (χ1) is 17.1. The van der Waals surface area contributed by atoms with E-state index in [0.717, 1.165) is 6.92 Å². The molecule has 4 rings (SSSR count). The summed E-state index contributed by atoms with van der Waals surface area (Å²) in [5.41, 5.74) is 0.309. The Kier molecular flexibility index (Phi) is 7.12. The molecule has 194 valence electrons. The number of anilines is 3. The van der Waals surface area contributed by atoms with E-state index in [1.807, 2.05) is 10.2 Å². The van der Waals surface area contributed by atoms with Crippen LogP contribution in [0.1, 0.15) is 23.8 Å². The van der Waals surface area contributed by atoms with Crippen LogP contribution in [0.2, 0.25) is 0 Å². The van der Waals surface area contributed by atoms with Crippen molar-refractivity contribution in [3.05, 3.63) is 30.2 Å². The van der Waals surface area contributed by atoms with Crippen LogP contribution < -0.4 is 25.2 Å². The van der Waals surface area contributed by atoms with Gasteiger partial charge in [-0.1, -0.05) is 0 Å². The predicted molar refractivity (Wildman–Crippen MR) is 120 cm³/mol. The number of ether oxygens (including phenoxy) is 1. The highest BCUT2D eigenvalue weighted by molar-refractivity contribution is 6.05. The first-order valence-corrected chi connectivity index (χ1v) is 11.0. The van der Waals surface area contributed by atoms with Crippen LogP contribution in [0.25, 0.3) is 0 Å². The van der Waals surface area contributed by atoms with E-state index in [1.165, 1.54) is 23.4 Å². The minimum atomic E-state index is -4.62. The maximum atomic E-state index is 13.3. The fourth-order valence-corrected chi connectivity index (χ4v) is 3.83. The molecular formula is C21H24F3N7O5. The third kappa shape index (κ3) is 5.41. The summed E-state index contributed by atoms with van der Waals surface area (Å²) >= 11 is 0. The molecule has 1 unspecified atom stereocenters. The number of fused-ring (bicyclic) bond motifs is 4. The number of halogens is 3. The van der Waals surface area contributed by atoms with Crippen LogP contribution in [0.3, 0.4) is 0 Å². The molecule has 2 bridgehead atoms. The predicted octanol–water partition coefficient (Wildman–Crippen LogP) is 0.915. The van der Waals surface area contributed by atoms with E-state index in [4.69, 9.17) is 9.84 Å².